The van der Waals surface area contributed by atoms with E-state index in [0.717, 1.165) is 24.3 Å². The molecule has 1 unspecified atom stereocenters. The maximum atomic E-state index is 8.70. The quantitative estimate of drug-likeness (QED) is 0.427. The Labute approximate surface area is 116 Å². The van der Waals surface area contributed by atoms with Crippen LogP contribution < -0.4 is 4.74 Å². The van der Waals surface area contributed by atoms with Crippen molar-refractivity contribution in [3.63, 3.8) is 0 Å². The molecular formula is C16H25NO2. The number of rotatable bonds is 8. The zero-order valence-electron chi connectivity index (χ0n) is 12.2. The molecule has 1 aromatic rings. The van der Waals surface area contributed by atoms with Crippen LogP contribution in [-0.4, -0.2) is 17.5 Å². The molecule has 1 N–H and O–H groups in total. The van der Waals surface area contributed by atoms with Crippen molar-refractivity contribution in [1.29, 1.82) is 0 Å². The highest BCUT2D eigenvalue weighted by molar-refractivity contribution is 5.98. The summed E-state index contributed by atoms with van der Waals surface area (Å²) in [6.07, 6.45) is 4.91. The van der Waals surface area contributed by atoms with Crippen molar-refractivity contribution in [2.45, 2.75) is 46.5 Å². The van der Waals surface area contributed by atoms with Gasteiger partial charge in [-0.2, -0.15) is 0 Å². The first-order chi connectivity index (χ1) is 9.21. The van der Waals surface area contributed by atoms with Crippen LogP contribution in [0.1, 0.15) is 52.0 Å². The van der Waals surface area contributed by atoms with Crippen molar-refractivity contribution < 1.29 is 9.94 Å². The molecule has 0 spiro atoms. The first kappa shape index (κ1) is 15.5. The molecule has 0 aliphatic heterocycles. The van der Waals surface area contributed by atoms with E-state index in [1.807, 2.05) is 24.3 Å². The predicted octanol–water partition coefficient (Wildman–Crippen LogP) is 4.48. The Hall–Kier alpha value is -1.51. The van der Waals surface area contributed by atoms with E-state index < -0.39 is 0 Å². The van der Waals surface area contributed by atoms with Crippen LogP contribution in [0.25, 0.3) is 0 Å². The van der Waals surface area contributed by atoms with E-state index in [9.17, 15) is 0 Å². The third kappa shape index (κ3) is 5.33. The zero-order chi connectivity index (χ0) is 14.1. The molecule has 0 heterocycles. The monoisotopic (exact) mass is 263 g/mol. The van der Waals surface area contributed by atoms with Crippen LogP contribution in [0.3, 0.4) is 0 Å². The second-order valence-electron chi connectivity index (χ2n) is 4.94. The summed E-state index contributed by atoms with van der Waals surface area (Å²) in [4.78, 5) is 0. The minimum Gasteiger partial charge on any atom is -0.493 e. The number of ether oxygens (including phenoxy) is 1. The number of nitrogens with zero attached hydrogens (tertiary/aromatic N) is 1. The highest BCUT2D eigenvalue weighted by Gasteiger charge is 2.07. The third-order valence-corrected chi connectivity index (χ3v) is 3.45. The Morgan fingerprint density at radius 3 is 2.47 bits per heavy atom. The van der Waals surface area contributed by atoms with Crippen LogP contribution in [0, 0.1) is 5.92 Å². The van der Waals surface area contributed by atoms with E-state index in [-0.39, 0.29) is 0 Å². The number of hydrogen-bond donors (Lipinski definition) is 1. The van der Waals surface area contributed by atoms with Gasteiger partial charge in [0.1, 0.15) is 5.75 Å². The van der Waals surface area contributed by atoms with Crippen molar-refractivity contribution in [2.24, 2.45) is 11.1 Å². The molecule has 1 aromatic carbocycles. The Bertz CT molecular complexity index is 384. The molecular weight excluding hydrogens is 238 g/mol. The van der Waals surface area contributed by atoms with Gasteiger partial charge in [-0.3, -0.25) is 0 Å². The number of unbranched alkanes of at least 4 members (excludes halogenated alkanes) is 1. The van der Waals surface area contributed by atoms with Crippen LogP contribution in [0.5, 0.6) is 5.75 Å². The van der Waals surface area contributed by atoms with Gasteiger partial charge in [0.25, 0.3) is 0 Å². The van der Waals surface area contributed by atoms with Gasteiger partial charge in [0, 0.05) is 0 Å². The van der Waals surface area contributed by atoms with E-state index in [0.29, 0.717) is 11.6 Å². The summed E-state index contributed by atoms with van der Waals surface area (Å²) in [6, 6.07) is 7.68. The molecule has 19 heavy (non-hydrogen) atoms. The fourth-order valence-corrected chi connectivity index (χ4v) is 1.96. The molecule has 106 valence electrons. The molecule has 0 fully saturated rings. The van der Waals surface area contributed by atoms with Gasteiger partial charge in [0.2, 0.25) is 0 Å². The summed E-state index contributed by atoms with van der Waals surface area (Å²) in [7, 11) is 0. The fraction of sp³-hybridized carbons (Fsp3) is 0.562. The first-order valence-electron chi connectivity index (χ1n) is 7.13. The predicted molar refractivity (Wildman–Crippen MR) is 79.2 cm³/mol. The topological polar surface area (TPSA) is 41.8 Å². The highest BCUT2D eigenvalue weighted by Crippen LogP contribution is 2.17. The molecule has 0 aliphatic carbocycles. The molecule has 0 bridgehead atoms. The summed E-state index contributed by atoms with van der Waals surface area (Å²) in [6.45, 7) is 6.99. The van der Waals surface area contributed by atoms with E-state index in [2.05, 4.69) is 19.0 Å². The minimum absolute atomic E-state index is 0.612. The van der Waals surface area contributed by atoms with Gasteiger partial charge in [-0.1, -0.05) is 38.3 Å². The maximum absolute atomic E-state index is 8.70. The largest absolute Gasteiger partial charge is 0.493 e. The Morgan fingerprint density at radius 1 is 1.26 bits per heavy atom. The summed E-state index contributed by atoms with van der Waals surface area (Å²) < 4.78 is 5.82. The lowest BCUT2D eigenvalue weighted by Crippen LogP contribution is -2.11. The molecule has 0 saturated heterocycles. The number of benzene rings is 1. The normalized spacial score (nSPS) is 13.3. The molecule has 0 amide bonds. The van der Waals surface area contributed by atoms with Crippen molar-refractivity contribution in [2.75, 3.05) is 6.61 Å². The van der Waals surface area contributed by atoms with Gasteiger partial charge in [-0.25, -0.2) is 0 Å². The van der Waals surface area contributed by atoms with Crippen molar-refractivity contribution >= 4 is 5.71 Å². The maximum Gasteiger partial charge on any atom is 0.119 e. The van der Waals surface area contributed by atoms with Crippen LogP contribution in [-0.2, 0) is 0 Å². The highest BCUT2D eigenvalue weighted by atomic mass is 16.5. The summed E-state index contributed by atoms with van der Waals surface area (Å²) in [5, 5.41) is 11.9. The molecule has 0 radical (unpaired) electrons. The summed E-state index contributed by atoms with van der Waals surface area (Å²) in [5.74, 6) is 1.52. The Balaban J connectivity index is 2.49. The molecule has 1 rings (SSSR count). The third-order valence-electron chi connectivity index (χ3n) is 3.45. The van der Waals surface area contributed by atoms with Crippen LogP contribution in [0.4, 0.5) is 0 Å². The summed E-state index contributed by atoms with van der Waals surface area (Å²) in [5.41, 5.74) is 1.52. The lowest BCUT2D eigenvalue weighted by molar-refractivity contribution is 0.233. The van der Waals surface area contributed by atoms with Crippen LogP contribution in [0.15, 0.2) is 29.4 Å². The van der Waals surface area contributed by atoms with Gasteiger partial charge in [-0.05, 0) is 49.1 Å². The van der Waals surface area contributed by atoms with Crippen LogP contribution >= 0.6 is 0 Å². The standard InChI is InChI=1S/C16H25NO2/c1-4-6-7-14(5-2)12-19-16-10-8-15(9-11-16)13(3)17-18/h8-11,14,18H,4-7,12H2,1-3H3. The smallest absolute Gasteiger partial charge is 0.119 e. The van der Waals surface area contributed by atoms with E-state index in [4.69, 9.17) is 9.94 Å². The van der Waals surface area contributed by atoms with Gasteiger partial charge < -0.3 is 9.94 Å². The fourth-order valence-electron chi connectivity index (χ4n) is 1.96. The van der Waals surface area contributed by atoms with Crippen molar-refractivity contribution in [1.82, 2.24) is 0 Å². The SMILES string of the molecule is CCCCC(CC)COc1ccc(C(C)=NO)cc1. The van der Waals surface area contributed by atoms with E-state index in [1.165, 1.54) is 19.3 Å². The van der Waals surface area contributed by atoms with Crippen molar-refractivity contribution in [3.8, 4) is 5.75 Å². The van der Waals surface area contributed by atoms with Crippen LogP contribution in [0.2, 0.25) is 0 Å². The molecule has 0 aromatic heterocycles. The molecule has 0 saturated carbocycles. The second-order valence-corrected chi connectivity index (χ2v) is 4.94. The average Bonchev–Trinajstić information content (AvgIpc) is 2.47. The van der Waals surface area contributed by atoms with E-state index in [1.54, 1.807) is 6.92 Å². The van der Waals surface area contributed by atoms with Gasteiger partial charge in [-0.15, -0.1) is 0 Å². The average molecular weight is 263 g/mol. The van der Waals surface area contributed by atoms with Gasteiger partial charge >= 0.3 is 0 Å². The number of oxime groups is 1. The van der Waals surface area contributed by atoms with Crippen molar-refractivity contribution in [3.05, 3.63) is 29.8 Å². The lowest BCUT2D eigenvalue weighted by Gasteiger charge is -2.15. The molecule has 1 atom stereocenters. The molecule has 0 aliphatic rings. The first-order valence-corrected chi connectivity index (χ1v) is 7.13. The summed E-state index contributed by atoms with van der Waals surface area (Å²) >= 11 is 0. The molecule has 3 nitrogen and oxygen atoms in total. The van der Waals surface area contributed by atoms with Gasteiger partial charge in [0.05, 0.1) is 12.3 Å². The van der Waals surface area contributed by atoms with E-state index >= 15 is 0 Å². The zero-order valence-corrected chi connectivity index (χ0v) is 12.2. The number of hydrogen-bond acceptors (Lipinski definition) is 3. The van der Waals surface area contributed by atoms with Gasteiger partial charge in [0.15, 0.2) is 0 Å². The minimum atomic E-state index is 0.612. The lowest BCUT2D eigenvalue weighted by atomic mass is 10.0. The Kier molecular flexibility index (Phi) is 7.01. The second kappa shape index (κ2) is 8.57. The Morgan fingerprint density at radius 2 is 1.95 bits per heavy atom. The molecule has 3 heteroatoms.